The molecule has 9 nitrogen and oxygen atoms in total. The number of ether oxygens (including phenoxy) is 2. The highest BCUT2D eigenvalue weighted by Crippen LogP contribution is 2.37. The van der Waals surface area contributed by atoms with Gasteiger partial charge in [0.05, 0.1) is 25.4 Å². The van der Waals surface area contributed by atoms with Gasteiger partial charge in [-0.05, 0) is 31.2 Å². The van der Waals surface area contributed by atoms with Crippen LogP contribution in [0, 0.1) is 5.82 Å². The van der Waals surface area contributed by atoms with Crippen molar-refractivity contribution >= 4 is 41.0 Å². The lowest BCUT2D eigenvalue weighted by Gasteiger charge is -2.35. The minimum atomic E-state index is -1.06. The van der Waals surface area contributed by atoms with Crippen molar-refractivity contribution < 1.29 is 28.6 Å². The first kappa shape index (κ1) is 26.0. The molecule has 12 heteroatoms. The van der Waals surface area contributed by atoms with E-state index < -0.39 is 29.8 Å². The van der Waals surface area contributed by atoms with Gasteiger partial charge in [0.25, 0.3) is 0 Å². The molecule has 2 aromatic rings. The van der Waals surface area contributed by atoms with E-state index >= 15 is 0 Å². The van der Waals surface area contributed by atoms with Crippen LogP contribution in [-0.2, 0) is 19.1 Å². The number of nitrogens with one attached hydrogen (secondary N) is 1. The molecule has 1 fully saturated rings. The van der Waals surface area contributed by atoms with Crippen molar-refractivity contribution in [1.82, 2.24) is 15.2 Å². The first-order valence-corrected chi connectivity index (χ1v) is 11.9. The van der Waals surface area contributed by atoms with Gasteiger partial charge in [0.15, 0.2) is 11.7 Å². The third-order valence-corrected chi connectivity index (χ3v) is 6.31. The van der Waals surface area contributed by atoms with Gasteiger partial charge in [0.2, 0.25) is 0 Å². The number of pyridine rings is 1. The number of morpholine rings is 1. The second-order valence-corrected chi connectivity index (χ2v) is 8.86. The molecule has 4 rings (SSSR count). The van der Waals surface area contributed by atoms with Crippen molar-refractivity contribution in [2.24, 2.45) is 4.99 Å². The van der Waals surface area contributed by atoms with Crippen molar-refractivity contribution in [1.29, 1.82) is 0 Å². The van der Waals surface area contributed by atoms with Crippen LogP contribution in [0.1, 0.15) is 24.2 Å². The maximum atomic E-state index is 14.7. The largest absolute Gasteiger partial charge is 0.480 e. The Morgan fingerprint density at radius 2 is 2.14 bits per heavy atom. The molecule has 1 aromatic heterocycles. The summed E-state index contributed by atoms with van der Waals surface area (Å²) in [5.74, 6) is -2.29. The normalized spacial score (nSPS) is 20.5. The van der Waals surface area contributed by atoms with E-state index in [0.29, 0.717) is 29.4 Å². The topological polar surface area (TPSA) is 113 Å². The molecule has 0 radical (unpaired) electrons. The van der Waals surface area contributed by atoms with E-state index in [1.165, 1.54) is 24.4 Å². The second kappa shape index (κ2) is 11.3. The summed E-state index contributed by atoms with van der Waals surface area (Å²) in [5.41, 5.74) is 0.794. The molecule has 0 bridgehead atoms. The number of aromatic nitrogens is 1. The molecule has 2 aliphatic rings. The summed E-state index contributed by atoms with van der Waals surface area (Å²) in [5, 5.41) is 13.3. The Labute approximate surface area is 216 Å². The van der Waals surface area contributed by atoms with E-state index in [4.69, 9.17) is 32.7 Å². The van der Waals surface area contributed by atoms with Crippen molar-refractivity contribution in [2.45, 2.75) is 19.0 Å². The lowest BCUT2D eigenvalue weighted by Crippen LogP contribution is -2.52. The average Bonchev–Trinajstić information content (AvgIpc) is 2.84. The second-order valence-electron chi connectivity index (χ2n) is 8.02. The number of aliphatic imine (C=N–C) groups is 1. The minimum absolute atomic E-state index is 0.00363. The number of halogens is 3. The van der Waals surface area contributed by atoms with Gasteiger partial charge >= 0.3 is 11.9 Å². The standard InChI is InChI=1S/C24H23Cl2FN4O5/c1-2-36-24(34)19-17(11-31-8-9-35-12-18(31)23(32)33)29-22(21-16(27)4-3-7-28-21)30-20(19)14-6-5-13(25)10-15(14)26/h3-7,10,18,20H,2,8-9,11-12H2,1H3,(H,29,30)(H,32,33). The first-order chi connectivity index (χ1) is 17.3. The number of rotatable bonds is 7. The number of hydrogen-bond acceptors (Lipinski definition) is 8. The third-order valence-electron chi connectivity index (χ3n) is 5.75. The molecule has 0 spiro atoms. The maximum absolute atomic E-state index is 14.7. The van der Waals surface area contributed by atoms with E-state index in [2.05, 4.69) is 15.3 Å². The number of carboxylic acids is 1. The molecule has 1 aromatic carbocycles. The highest BCUT2D eigenvalue weighted by Gasteiger charge is 2.37. The van der Waals surface area contributed by atoms with Crippen LogP contribution in [0.4, 0.5) is 4.39 Å². The monoisotopic (exact) mass is 536 g/mol. The number of benzene rings is 1. The summed E-state index contributed by atoms with van der Waals surface area (Å²) in [7, 11) is 0. The molecule has 0 aliphatic carbocycles. The molecule has 2 unspecified atom stereocenters. The summed E-state index contributed by atoms with van der Waals surface area (Å²) >= 11 is 12.6. The Morgan fingerprint density at radius 3 is 2.83 bits per heavy atom. The summed E-state index contributed by atoms with van der Waals surface area (Å²) in [6, 6.07) is 5.50. The average molecular weight is 537 g/mol. The number of aliphatic carboxylic acids is 1. The van der Waals surface area contributed by atoms with E-state index in [9.17, 15) is 19.1 Å². The molecule has 1 saturated heterocycles. The molecule has 0 saturated carbocycles. The molecular formula is C24H23Cl2FN4O5. The zero-order valence-corrected chi connectivity index (χ0v) is 20.7. The van der Waals surface area contributed by atoms with Crippen LogP contribution in [0.3, 0.4) is 0 Å². The Balaban J connectivity index is 1.87. The van der Waals surface area contributed by atoms with Crippen LogP contribution in [0.15, 0.2) is 52.8 Å². The van der Waals surface area contributed by atoms with Gasteiger partial charge in [-0.1, -0.05) is 29.3 Å². The predicted molar refractivity (Wildman–Crippen MR) is 131 cm³/mol. The molecule has 190 valence electrons. The summed E-state index contributed by atoms with van der Waals surface area (Å²) in [6.07, 6.45) is 1.42. The Hall–Kier alpha value is -3.05. The molecule has 2 atom stereocenters. The van der Waals surface area contributed by atoms with Crippen molar-refractivity contribution in [3.63, 3.8) is 0 Å². The van der Waals surface area contributed by atoms with Gasteiger partial charge < -0.3 is 19.9 Å². The van der Waals surface area contributed by atoms with Gasteiger partial charge in [0, 0.05) is 40.6 Å². The zero-order chi connectivity index (χ0) is 25.8. The molecule has 2 N–H and O–H groups in total. The van der Waals surface area contributed by atoms with Crippen molar-refractivity contribution in [3.05, 3.63) is 74.9 Å². The zero-order valence-electron chi connectivity index (χ0n) is 19.2. The molecule has 3 heterocycles. The lowest BCUT2D eigenvalue weighted by atomic mass is 9.94. The Morgan fingerprint density at radius 1 is 1.33 bits per heavy atom. The fourth-order valence-corrected chi connectivity index (χ4v) is 4.57. The maximum Gasteiger partial charge on any atom is 0.338 e. The number of esters is 1. The van der Waals surface area contributed by atoms with Crippen LogP contribution < -0.4 is 5.32 Å². The van der Waals surface area contributed by atoms with Gasteiger partial charge in [-0.3, -0.25) is 14.7 Å². The number of carbonyl (C=O) groups excluding carboxylic acids is 1. The summed E-state index contributed by atoms with van der Waals surface area (Å²) in [4.78, 5) is 35.5. The number of carbonyl (C=O) groups is 2. The van der Waals surface area contributed by atoms with Crippen LogP contribution in [0.2, 0.25) is 10.0 Å². The van der Waals surface area contributed by atoms with Gasteiger partial charge in [-0.15, -0.1) is 0 Å². The van der Waals surface area contributed by atoms with Crippen LogP contribution in [0.25, 0.3) is 0 Å². The fraction of sp³-hybridized carbons (Fsp3) is 0.333. The number of amidine groups is 1. The molecule has 2 aliphatic heterocycles. The van der Waals surface area contributed by atoms with E-state index in [1.54, 1.807) is 24.0 Å². The SMILES string of the molecule is CCOC(=O)C1=C(CN2CCOCC2C(=O)O)NC(c2ncccc2F)=NC1c1ccc(Cl)cc1Cl. The summed E-state index contributed by atoms with van der Waals surface area (Å²) in [6.45, 7) is 2.36. The first-order valence-electron chi connectivity index (χ1n) is 11.2. The Bertz CT molecular complexity index is 1240. The van der Waals surface area contributed by atoms with Crippen molar-refractivity contribution in [3.8, 4) is 0 Å². The van der Waals surface area contributed by atoms with E-state index in [1.807, 2.05) is 0 Å². The Kier molecular flexibility index (Phi) is 8.20. The summed E-state index contributed by atoms with van der Waals surface area (Å²) < 4.78 is 25.4. The number of hydrogen-bond donors (Lipinski definition) is 2. The smallest absolute Gasteiger partial charge is 0.338 e. The number of nitrogens with zero attached hydrogens (tertiary/aromatic N) is 3. The highest BCUT2D eigenvalue weighted by atomic mass is 35.5. The molecular weight excluding hydrogens is 514 g/mol. The quantitative estimate of drug-likeness (QED) is 0.518. The van der Waals surface area contributed by atoms with Gasteiger partial charge in [-0.25, -0.2) is 14.2 Å². The highest BCUT2D eigenvalue weighted by molar-refractivity contribution is 6.35. The van der Waals surface area contributed by atoms with Crippen LogP contribution in [0.5, 0.6) is 0 Å². The van der Waals surface area contributed by atoms with Crippen LogP contribution in [-0.4, -0.2) is 71.7 Å². The fourth-order valence-electron chi connectivity index (χ4n) is 4.06. The van der Waals surface area contributed by atoms with Gasteiger partial charge in [-0.2, -0.15) is 0 Å². The predicted octanol–water partition coefficient (Wildman–Crippen LogP) is 3.22. The molecule has 36 heavy (non-hydrogen) atoms. The molecule has 0 amide bonds. The van der Waals surface area contributed by atoms with Crippen molar-refractivity contribution in [2.75, 3.05) is 32.9 Å². The lowest BCUT2D eigenvalue weighted by molar-refractivity contribution is -0.149. The third kappa shape index (κ3) is 5.52. The van der Waals surface area contributed by atoms with E-state index in [-0.39, 0.29) is 41.9 Å². The van der Waals surface area contributed by atoms with Gasteiger partial charge in [0.1, 0.15) is 17.8 Å². The number of carboxylic acid groups (broad SMARTS) is 1. The van der Waals surface area contributed by atoms with E-state index in [0.717, 1.165) is 0 Å². The van der Waals surface area contributed by atoms with Crippen LogP contribution >= 0.6 is 23.2 Å². The minimum Gasteiger partial charge on any atom is -0.480 e.